The number of anilines is 2. The van der Waals surface area contributed by atoms with Crippen LogP contribution in [0.4, 0.5) is 11.5 Å². The molecule has 4 N–H and O–H groups in total. The van der Waals surface area contributed by atoms with Crippen molar-refractivity contribution < 1.29 is 0 Å². The molecule has 0 aliphatic carbocycles. The number of nitrogen functional groups attached to an aromatic ring is 1. The molecule has 1 aromatic heterocycles. The Bertz CT molecular complexity index is 560. The smallest absolute Gasteiger partial charge is 0.330 e. The highest BCUT2D eigenvalue weighted by atomic mass is 32.2. The Morgan fingerprint density at radius 1 is 1.50 bits per heavy atom. The zero-order valence-corrected chi connectivity index (χ0v) is 12.6. The number of hydrogen-bond donors (Lipinski definition) is 3. The van der Waals surface area contributed by atoms with Gasteiger partial charge in [-0.25, -0.2) is 4.79 Å². The van der Waals surface area contributed by atoms with Crippen molar-refractivity contribution in [2.75, 3.05) is 29.1 Å². The molecular formula is C13H22N4O2S. The molecule has 1 fully saturated rings. The minimum Gasteiger partial charge on any atom is -0.383 e. The van der Waals surface area contributed by atoms with Crippen LogP contribution in [-0.4, -0.2) is 27.6 Å². The monoisotopic (exact) mass is 298 g/mol. The lowest BCUT2D eigenvalue weighted by Gasteiger charge is -2.15. The summed E-state index contributed by atoms with van der Waals surface area (Å²) < 4.78 is 1.44. The topological polar surface area (TPSA) is 92.9 Å². The summed E-state index contributed by atoms with van der Waals surface area (Å²) >= 11 is 1.93. The largest absolute Gasteiger partial charge is 0.383 e. The van der Waals surface area contributed by atoms with Crippen molar-refractivity contribution in [2.45, 2.75) is 32.7 Å². The van der Waals surface area contributed by atoms with Crippen molar-refractivity contribution in [3.63, 3.8) is 0 Å². The highest BCUT2D eigenvalue weighted by molar-refractivity contribution is 7.99. The molecule has 6 nitrogen and oxygen atoms in total. The second-order valence-corrected chi connectivity index (χ2v) is 6.29. The Kier molecular flexibility index (Phi) is 5.17. The lowest BCUT2D eigenvalue weighted by molar-refractivity contribution is 0.602. The Balaban J connectivity index is 2.18. The number of aromatic nitrogens is 2. The Hall–Kier alpha value is -1.37. The Labute approximate surface area is 122 Å². The quantitative estimate of drug-likeness (QED) is 0.731. The van der Waals surface area contributed by atoms with Crippen molar-refractivity contribution >= 4 is 23.3 Å². The molecule has 20 heavy (non-hydrogen) atoms. The van der Waals surface area contributed by atoms with Gasteiger partial charge in [-0.1, -0.05) is 13.3 Å². The molecule has 0 bridgehead atoms. The maximum atomic E-state index is 11.9. The van der Waals surface area contributed by atoms with Gasteiger partial charge in [0.2, 0.25) is 0 Å². The number of rotatable bonds is 6. The van der Waals surface area contributed by atoms with Gasteiger partial charge in [0.25, 0.3) is 5.56 Å². The molecule has 0 saturated carbocycles. The van der Waals surface area contributed by atoms with Crippen LogP contribution in [0.5, 0.6) is 0 Å². The molecule has 1 aromatic rings. The predicted molar refractivity (Wildman–Crippen MR) is 84.6 cm³/mol. The number of hydrogen-bond acceptors (Lipinski definition) is 5. The van der Waals surface area contributed by atoms with E-state index in [1.807, 2.05) is 18.7 Å². The van der Waals surface area contributed by atoms with Gasteiger partial charge in [-0.3, -0.25) is 14.3 Å². The summed E-state index contributed by atoms with van der Waals surface area (Å²) in [5, 5.41) is 3.13. The van der Waals surface area contributed by atoms with Crippen molar-refractivity contribution in [1.29, 1.82) is 0 Å². The molecule has 1 aliphatic heterocycles. The van der Waals surface area contributed by atoms with E-state index in [0.29, 0.717) is 18.2 Å². The van der Waals surface area contributed by atoms with Gasteiger partial charge >= 0.3 is 5.69 Å². The second kappa shape index (κ2) is 6.88. The summed E-state index contributed by atoms with van der Waals surface area (Å²) in [5.41, 5.74) is 5.46. The van der Waals surface area contributed by atoms with E-state index in [4.69, 9.17) is 5.73 Å². The van der Waals surface area contributed by atoms with E-state index in [2.05, 4.69) is 10.3 Å². The molecule has 0 amide bonds. The lowest BCUT2D eigenvalue weighted by atomic mass is 10.1. The van der Waals surface area contributed by atoms with Crippen LogP contribution < -0.4 is 22.3 Å². The molecule has 0 spiro atoms. The maximum absolute atomic E-state index is 11.9. The first-order valence-electron chi connectivity index (χ1n) is 7.07. The van der Waals surface area contributed by atoms with Crippen LogP contribution in [-0.2, 0) is 6.54 Å². The first kappa shape index (κ1) is 15.0. The summed E-state index contributed by atoms with van der Waals surface area (Å²) in [6, 6.07) is 0. The lowest BCUT2D eigenvalue weighted by Crippen LogP contribution is -2.34. The molecule has 1 unspecified atom stereocenters. The third-order valence-corrected chi connectivity index (χ3v) is 4.80. The van der Waals surface area contributed by atoms with E-state index in [1.165, 1.54) is 10.3 Å². The van der Waals surface area contributed by atoms with Gasteiger partial charge in [-0.15, -0.1) is 0 Å². The van der Waals surface area contributed by atoms with E-state index in [9.17, 15) is 9.59 Å². The summed E-state index contributed by atoms with van der Waals surface area (Å²) in [5.74, 6) is 3.10. The number of aromatic amines is 1. The van der Waals surface area contributed by atoms with Crippen molar-refractivity contribution in [3.05, 3.63) is 20.8 Å². The minimum atomic E-state index is -0.428. The van der Waals surface area contributed by atoms with Gasteiger partial charge in [-0.2, -0.15) is 11.8 Å². The summed E-state index contributed by atoms with van der Waals surface area (Å²) in [4.78, 5) is 26.0. The number of nitrogens with zero attached hydrogens (tertiary/aromatic N) is 1. The normalized spacial score (nSPS) is 18.4. The third-order valence-electron chi connectivity index (χ3n) is 3.57. The van der Waals surface area contributed by atoms with E-state index >= 15 is 0 Å². The highest BCUT2D eigenvalue weighted by Gasteiger charge is 2.17. The Morgan fingerprint density at radius 2 is 2.30 bits per heavy atom. The van der Waals surface area contributed by atoms with Crippen molar-refractivity contribution in [2.24, 2.45) is 5.92 Å². The van der Waals surface area contributed by atoms with Crippen LogP contribution in [0.15, 0.2) is 9.59 Å². The molecule has 2 heterocycles. The van der Waals surface area contributed by atoms with Gasteiger partial charge in [0.1, 0.15) is 11.5 Å². The SMILES string of the molecule is CCCCn1c(N)c(NCC2CCSC2)c(=O)[nH]c1=O. The van der Waals surface area contributed by atoms with Crippen LogP contribution in [0.2, 0.25) is 0 Å². The molecule has 0 aromatic carbocycles. The molecular weight excluding hydrogens is 276 g/mol. The zero-order chi connectivity index (χ0) is 14.5. The van der Waals surface area contributed by atoms with Crippen LogP contribution in [0.25, 0.3) is 0 Å². The van der Waals surface area contributed by atoms with Gasteiger partial charge in [0.05, 0.1) is 0 Å². The predicted octanol–water partition coefficient (Wildman–Crippen LogP) is 1.08. The number of H-pyrrole nitrogens is 1. The average molecular weight is 298 g/mol. The standard InChI is InChI=1S/C13H22N4O2S/c1-2-3-5-17-11(14)10(12(18)16-13(17)19)15-7-9-4-6-20-8-9/h9,15H,2-8,14H2,1H3,(H,16,18,19). The molecule has 1 saturated heterocycles. The fourth-order valence-corrected chi connectivity index (χ4v) is 3.57. The maximum Gasteiger partial charge on any atom is 0.330 e. The van der Waals surface area contributed by atoms with Crippen molar-refractivity contribution in [1.82, 2.24) is 9.55 Å². The zero-order valence-electron chi connectivity index (χ0n) is 11.8. The summed E-state index contributed by atoms with van der Waals surface area (Å²) in [7, 11) is 0. The first-order valence-corrected chi connectivity index (χ1v) is 8.23. The van der Waals surface area contributed by atoms with Crippen LogP contribution >= 0.6 is 11.8 Å². The molecule has 7 heteroatoms. The van der Waals surface area contributed by atoms with E-state index in [-0.39, 0.29) is 5.82 Å². The van der Waals surface area contributed by atoms with Crippen LogP contribution in [0.1, 0.15) is 26.2 Å². The molecule has 2 rings (SSSR count). The fraction of sp³-hybridized carbons (Fsp3) is 0.692. The number of nitrogens with one attached hydrogen (secondary N) is 2. The van der Waals surface area contributed by atoms with Gasteiger partial charge < -0.3 is 11.1 Å². The summed E-state index contributed by atoms with van der Waals surface area (Å²) in [6.45, 7) is 3.31. The molecule has 0 radical (unpaired) electrons. The number of unbranched alkanes of at least 4 members (excludes halogenated alkanes) is 1. The van der Waals surface area contributed by atoms with E-state index in [1.54, 1.807) is 0 Å². The van der Waals surface area contributed by atoms with Gasteiger partial charge in [-0.05, 0) is 30.3 Å². The highest BCUT2D eigenvalue weighted by Crippen LogP contribution is 2.23. The van der Waals surface area contributed by atoms with Gasteiger partial charge in [0, 0.05) is 13.1 Å². The number of nitrogens with two attached hydrogens (primary N) is 1. The van der Waals surface area contributed by atoms with Gasteiger partial charge in [0.15, 0.2) is 0 Å². The Morgan fingerprint density at radius 3 is 2.95 bits per heavy atom. The van der Waals surface area contributed by atoms with E-state index in [0.717, 1.165) is 31.6 Å². The van der Waals surface area contributed by atoms with Crippen molar-refractivity contribution in [3.8, 4) is 0 Å². The van der Waals surface area contributed by atoms with E-state index < -0.39 is 11.2 Å². The number of thioether (sulfide) groups is 1. The second-order valence-electron chi connectivity index (χ2n) is 5.14. The van der Waals surface area contributed by atoms with Crippen LogP contribution in [0, 0.1) is 5.92 Å². The summed E-state index contributed by atoms with van der Waals surface area (Å²) in [6.07, 6.45) is 2.98. The fourth-order valence-electron chi connectivity index (χ4n) is 2.29. The first-order chi connectivity index (χ1) is 9.63. The third kappa shape index (κ3) is 3.39. The molecule has 1 aliphatic rings. The van der Waals surface area contributed by atoms with Crippen LogP contribution in [0.3, 0.4) is 0 Å². The minimum absolute atomic E-state index is 0.248. The molecule has 1 atom stereocenters. The molecule has 112 valence electrons. The average Bonchev–Trinajstić information content (AvgIpc) is 2.91.